The largest absolute Gasteiger partial charge is 0.370 e. The Labute approximate surface area is 210 Å². The molecule has 4 nitrogen and oxygen atoms in total. The average molecular weight is 513 g/mol. The van der Waals surface area contributed by atoms with Gasteiger partial charge >= 0.3 is 0 Å². The van der Waals surface area contributed by atoms with Gasteiger partial charge in [0.15, 0.2) is 8.24 Å². The Hall–Kier alpha value is -2.04. The first-order valence-electron chi connectivity index (χ1n) is 11.7. The predicted molar refractivity (Wildman–Crippen MR) is 144 cm³/mol. The molecule has 1 aliphatic heterocycles. The number of fused-ring (bicyclic) bond motifs is 3. The maximum Gasteiger partial charge on any atom is 0.243 e. The third-order valence-electron chi connectivity index (χ3n) is 7.64. The lowest BCUT2D eigenvalue weighted by Gasteiger charge is -2.43. The van der Waals surface area contributed by atoms with Gasteiger partial charge in [-0.15, -0.1) is 12.3 Å². The third-order valence-corrected chi connectivity index (χ3v) is 15.1. The summed E-state index contributed by atoms with van der Waals surface area (Å²) in [5, 5.41) is 1.81. The highest BCUT2D eigenvalue weighted by atomic mass is 35.5. The van der Waals surface area contributed by atoms with E-state index in [-0.39, 0.29) is 16.0 Å². The van der Waals surface area contributed by atoms with E-state index in [1.807, 2.05) is 0 Å². The zero-order chi connectivity index (χ0) is 24.9. The van der Waals surface area contributed by atoms with Crippen LogP contribution in [-0.2, 0) is 16.4 Å². The zero-order valence-electron chi connectivity index (χ0n) is 20.6. The van der Waals surface area contributed by atoms with Crippen molar-refractivity contribution in [3.63, 3.8) is 0 Å². The molecule has 0 N–H and O–H groups in total. The molecule has 180 valence electrons. The Balaban J connectivity index is 1.99. The number of para-hydroxylation sites is 1. The van der Waals surface area contributed by atoms with Crippen molar-refractivity contribution in [2.75, 3.05) is 6.54 Å². The molecule has 0 amide bonds. The van der Waals surface area contributed by atoms with Gasteiger partial charge in [-0.25, -0.2) is 8.42 Å². The molecule has 0 radical (unpaired) electrons. The Bertz CT molecular complexity index is 1360. The quantitative estimate of drug-likeness (QED) is 0.277. The molecule has 0 fully saturated rings. The molecular weight excluding hydrogens is 480 g/mol. The van der Waals surface area contributed by atoms with Gasteiger partial charge in [0.25, 0.3) is 0 Å². The number of aromatic nitrogens is 1. The molecule has 1 unspecified atom stereocenters. The van der Waals surface area contributed by atoms with Gasteiger partial charge in [-0.05, 0) is 53.8 Å². The fourth-order valence-corrected chi connectivity index (χ4v) is 9.02. The number of hydrogen-bond donors (Lipinski definition) is 0. The fraction of sp³-hybridized carbons (Fsp3) is 0.407. The van der Waals surface area contributed by atoms with Crippen LogP contribution in [0.25, 0.3) is 10.9 Å². The van der Waals surface area contributed by atoms with Crippen LogP contribution < -0.4 is 0 Å². The number of benzene rings is 2. The van der Waals surface area contributed by atoms with Crippen molar-refractivity contribution in [1.29, 1.82) is 0 Å². The van der Waals surface area contributed by atoms with Crippen LogP contribution in [0.2, 0.25) is 23.2 Å². The van der Waals surface area contributed by atoms with Crippen molar-refractivity contribution in [2.24, 2.45) is 0 Å². The maximum atomic E-state index is 13.9. The van der Waals surface area contributed by atoms with Gasteiger partial charge < -0.3 is 4.23 Å². The number of hydrogen-bond acceptors (Lipinski definition) is 2. The van der Waals surface area contributed by atoms with Gasteiger partial charge in [-0.2, -0.15) is 4.31 Å². The molecule has 7 heteroatoms. The monoisotopic (exact) mass is 512 g/mol. The van der Waals surface area contributed by atoms with Crippen LogP contribution in [0.4, 0.5) is 0 Å². The standard InChI is InChI=1S/C27H33ClN2O2SSi/c1-7-8-12-25-26-23(18-19-29(25)33(31,32)21-16-14-20(28)15-17-21)22-11-9-10-13-24(22)30(26)34(5,6)27(2,3)4/h1,9-11,13-17,25H,8,12,18-19H2,2-6H3. The summed E-state index contributed by atoms with van der Waals surface area (Å²) in [6.07, 6.45) is 7.46. The van der Waals surface area contributed by atoms with E-state index in [1.54, 1.807) is 28.6 Å². The van der Waals surface area contributed by atoms with Crippen LogP contribution in [0, 0.1) is 12.3 Å². The maximum absolute atomic E-state index is 13.9. The molecule has 0 bridgehead atoms. The van der Waals surface area contributed by atoms with Crippen molar-refractivity contribution < 1.29 is 8.42 Å². The van der Waals surface area contributed by atoms with Gasteiger partial charge in [0.1, 0.15) is 0 Å². The first-order chi connectivity index (χ1) is 15.9. The molecular formula is C27H33ClN2O2SSi. The highest BCUT2D eigenvalue weighted by Crippen LogP contribution is 2.47. The minimum absolute atomic E-state index is 0.0660. The second kappa shape index (κ2) is 8.87. The number of halogens is 1. The molecule has 3 aromatic rings. The molecule has 2 aromatic carbocycles. The molecule has 34 heavy (non-hydrogen) atoms. The lowest BCUT2D eigenvalue weighted by atomic mass is 9.96. The Morgan fingerprint density at radius 1 is 1.12 bits per heavy atom. The van der Waals surface area contributed by atoms with E-state index in [4.69, 9.17) is 18.0 Å². The smallest absolute Gasteiger partial charge is 0.243 e. The molecule has 0 spiro atoms. The third kappa shape index (κ3) is 4.03. The SMILES string of the molecule is C#CCCC1c2c(c3ccccc3n2[Si](C)(C)C(C)(C)C)CCN1S(=O)(=O)c1ccc(Cl)cc1. The second-order valence-electron chi connectivity index (χ2n) is 10.6. The fourth-order valence-electron chi connectivity index (χ4n) is 4.92. The average Bonchev–Trinajstić information content (AvgIpc) is 3.12. The molecule has 0 saturated carbocycles. The molecule has 4 rings (SSSR count). The van der Waals surface area contributed by atoms with Crippen LogP contribution in [0.3, 0.4) is 0 Å². The van der Waals surface area contributed by atoms with Gasteiger partial charge in [0, 0.05) is 34.6 Å². The van der Waals surface area contributed by atoms with Crippen LogP contribution in [0.15, 0.2) is 53.4 Å². The van der Waals surface area contributed by atoms with Gasteiger partial charge in [0.05, 0.1) is 10.9 Å². The van der Waals surface area contributed by atoms with Crippen LogP contribution in [0.1, 0.15) is 50.9 Å². The first-order valence-corrected chi connectivity index (χ1v) is 16.5. The van der Waals surface area contributed by atoms with E-state index < -0.39 is 18.3 Å². The molecule has 1 aliphatic rings. The van der Waals surface area contributed by atoms with Crippen molar-refractivity contribution in [2.45, 2.75) is 69.1 Å². The summed E-state index contributed by atoms with van der Waals surface area (Å²) in [6, 6.07) is 14.6. The molecule has 1 aromatic heterocycles. The number of nitrogens with zero attached hydrogens (tertiary/aromatic N) is 2. The minimum Gasteiger partial charge on any atom is -0.370 e. The number of terminal acetylenes is 1. The Kier molecular flexibility index (Phi) is 6.54. The van der Waals surface area contributed by atoms with Crippen LogP contribution in [-0.4, -0.2) is 31.7 Å². The summed E-state index contributed by atoms with van der Waals surface area (Å²) in [7, 11) is -5.83. The highest BCUT2D eigenvalue weighted by Gasteiger charge is 2.45. The normalized spacial score (nSPS) is 17.5. The summed E-state index contributed by atoms with van der Waals surface area (Å²) in [5.74, 6) is 2.75. The van der Waals surface area contributed by atoms with E-state index in [0.29, 0.717) is 30.8 Å². The van der Waals surface area contributed by atoms with Crippen molar-refractivity contribution in [3.05, 3.63) is 64.8 Å². The van der Waals surface area contributed by atoms with E-state index in [1.165, 1.54) is 16.5 Å². The lowest BCUT2D eigenvalue weighted by Crippen LogP contribution is -2.49. The Morgan fingerprint density at radius 2 is 1.76 bits per heavy atom. The minimum atomic E-state index is -3.73. The second-order valence-corrected chi connectivity index (χ2v) is 18.0. The summed E-state index contributed by atoms with van der Waals surface area (Å²) in [5.41, 5.74) is 3.60. The van der Waals surface area contributed by atoms with Crippen LogP contribution in [0.5, 0.6) is 0 Å². The van der Waals surface area contributed by atoms with Crippen molar-refractivity contribution in [1.82, 2.24) is 8.54 Å². The van der Waals surface area contributed by atoms with Gasteiger partial charge in [-0.1, -0.05) is 63.7 Å². The lowest BCUT2D eigenvalue weighted by molar-refractivity contribution is 0.289. The number of sulfonamides is 1. The van der Waals surface area contributed by atoms with Gasteiger partial charge in [-0.3, -0.25) is 0 Å². The zero-order valence-corrected chi connectivity index (χ0v) is 23.2. The van der Waals surface area contributed by atoms with E-state index in [0.717, 1.165) is 5.69 Å². The Morgan fingerprint density at radius 3 is 2.38 bits per heavy atom. The first kappa shape index (κ1) is 25.1. The van der Waals surface area contributed by atoms with E-state index in [9.17, 15) is 8.42 Å². The predicted octanol–water partition coefficient (Wildman–Crippen LogP) is 6.85. The van der Waals surface area contributed by atoms with Crippen molar-refractivity contribution >= 4 is 40.8 Å². The molecule has 2 heterocycles. The van der Waals surface area contributed by atoms with Gasteiger partial charge in [0.2, 0.25) is 10.0 Å². The molecule has 0 aliphatic carbocycles. The van der Waals surface area contributed by atoms with E-state index in [2.05, 4.69) is 68.3 Å². The highest BCUT2D eigenvalue weighted by molar-refractivity contribution is 7.89. The van der Waals surface area contributed by atoms with Crippen LogP contribution >= 0.6 is 11.6 Å². The summed E-state index contributed by atoms with van der Waals surface area (Å²) < 4.78 is 32.0. The molecule has 1 atom stereocenters. The number of rotatable bonds is 5. The summed E-state index contributed by atoms with van der Waals surface area (Å²) in [4.78, 5) is 0.265. The molecule has 0 saturated heterocycles. The van der Waals surface area contributed by atoms with Crippen molar-refractivity contribution in [3.8, 4) is 12.3 Å². The van der Waals surface area contributed by atoms with E-state index >= 15 is 0 Å². The summed E-state index contributed by atoms with van der Waals surface area (Å²) in [6.45, 7) is 12.1. The summed E-state index contributed by atoms with van der Waals surface area (Å²) >= 11 is 6.04. The topological polar surface area (TPSA) is 42.3 Å².